The zero-order valence-corrected chi connectivity index (χ0v) is 19.9. The van der Waals surface area contributed by atoms with E-state index in [2.05, 4.69) is 71.2 Å². The molecule has 2 heterocycles. The molecule has 0 radical (unpaired) electrons. The standard InChI is InChI=1S/C22H31N3O.2C2H6/c1-3-5-8-19(18-25(15-4-2)16-17-26)9-6-7-10-20-11-13-23-22-21(20)12-14-24-22;2*1-2/h5-14,19,26H,3-4,15-18H2,1-2H3,(H,23,24);2*1-2H3/b8-5-,9-6?,10-7+;;. The van der Waals surface area contributed by atoms with Crippen molar-refractivity contribution in [2.75, 3.05) is 26.2 Å². The molecule has 2 aromatic rings. The number of rotatable bonds is 11. The summed E-state index contributed by atoms with van der Waals surface area (Å²) < 4.78 is 0. The predicted molar refractivity (Wildman–Crippen MR) is 134 cm³/mol. The van der Waals surface area contributed by atoms with Crippen LogP contribution in [0.5, 0.6) is 0 Å². The Labute approximate surface area is 184 Å². The third-order valence-corrected chi connectivity index (χ3v) is 4.28. The molecule has 0 aliphatic carbocycles. The van der Waals surface area contributed by atoms with Gasteiger partial charge < -0.3 is 15.0 Å². The summed E-state index contributed by atoms with van der Waals surface area (Å²) in [5.41, 5.74) is 2.08. The molecule has 0 aromatic carbocycles. The van der Waals surface area contributed by atoms with Crippen molar-refractivity contribution in [3.05, 3.63) is 60.5 Å². The van der Waals surface area contributed by atoms with Gasteiger partial charge in [0.15, 0.2) is 0 Å². The lowest BCUT2D eigenvalue weighted by molar-refractivity contribution is 0.190. The highest BCUT2D eigenvalue weighted by molar-refractivity contribution is 5.85. The lowest BCUT2D eigenvalue weighted by Crippen LogP contribution is -2.31. The topological polar surface area (TPSA) is 52.2 Å². The van der Waals surface area contributed by atoms with E-state index in [1.807, 2.05) is 46.2 Å². The molecule has 2 N–H and O–H groups in total. The molecule has 2 rings (SSSR count). The molecule has 0 amide bonds. The van der Waals surface area contributed by atoms with Crippen LogP contribution in [0.3, 0.4) is 0 Å². The first-order valence-corrected chi connectivity index (χ1v) is 11.5. The maximum absolute atomic E-state index is 9.26. The fourth-order valence-electron chi connectivity index (χ4n) is 3.04. The molecule has 30 heavy (non-hydrogen) atoms. The molecule has 0 bridgehead atoms. The largest absolute Gasteiger partial charge is 0.395 e. The smallest absolute Gasteiger partial charge is 0.137 e. The van der Waals surface area contributed by atoms with E-state index in [0.717, 1.165) is 49.1 Å². The van der Waals surface area contributed by atoms with Gasteiger partial charge in [-0.25, -0.2) is 4.98 Å². The summed E-state index contributed by atoms with van der Waals surface area (Å²) >= 11 is 0. The summed E-state index contributed by atoms with van der Waals surface area (Å²) in [6.45, 7) is 15.2. The van der Waals surface area contributed by atoms with Crippen LogP contribution < -0.4 is 0 Å². The summed E-state index contributed by atoms with van der Waals surface area (Å²) in [6, 6.07) is 4.08. The number of nitrogens with one attached hydrogen (secondary N) is 1. The Balaban J connectivity index is 0.00000198. The molecule has 0 fully saturated rings. The van der Waals surface area contributed by atoms with Gasteiger partial charge in [0.05, 0.1) is 6.61 Å². The van der Waals surface area contributed by atoms with Crippen LogP contribution in [0.25, 0.3) is 17.1 Å². The van der Waals surface area contributed by atoms with E-state index in [0.29, 0.717) is 5.92 Å². The SMILES string of the molecule is CC.CC.CC/C=C\C(C=C/C=C/c1ccnc2[nH]ccc12)CN(CCC)CCO. The van der Waals surface area contributed by atoms with Crippen molar-refractivity contribution in [1.82, 2.24) is 14.9 Å². The van der Waals surface area contributed by atoms with Crippen molar-refractivity contribution in [3.8, 4) is 0 Å². The Kier molecular flexibility index (Phi) is 17.5. The third-order valence-electron chi connectivity index (χ3n) is 4.28. The van der Waals surface area contributed by atoms with Gasteiger partial charge in [-0.15, -0.1) is 0 Å². The molecular weight excluding hydrogens is 370 g/mol. The number of pyridine rings is 1. The second-order valence-electron chi connectivity index (χ2n) is 6.41. The third kappa shape index (κ3) is 10.6. The molecule has 1 unspecified atom stereocenters. The minimum absolute atomic E-state index is 0.211. The molecule has 4 heteroatoms. The predicted octanol–water partition coefficient (Wildman–Crippen LogP) is 6.47. The number of fused-ring (bicyclic) bond motifs is 1. The minimum atomic E-state index is 0.211. The first-order valence-electron chi connectivity index (χ1n) is 11.5. The number of hydrogen-bond acceptors (Lipinski definition) is 3. The second kappa shape index (κ2) is 18.8. The molecule has 0 aliphatic heterocycles. The molecular formula is C26H43N3O. The fourth-order valence-corrected chi connectivity index (χ4v) is 3.04. The van der Waals surface area contributed by atoms with Crippen LogP contribution in [0.1, 0.15) is 59.9 Å². The number of H-pyrrole nitrogens is 1. The van der Waals surface area contributed by atoms with E-state index in [4.69, 9.17) is 0 Å². The average molecular weight is 414 g/mol. The van der Waals surface area contributed by atoms with Gasteiger partial charge in [0, 0.05) is 36.8 Å². The Morgan fingerprint density at radius 3 is 2.50 bits per heavy atom. The van der Waals surface area contributed by atoms with Crippen molar-refractivity contribution in [1.29, 1.82) is 0 Å². The lowest BCUT2D eigenvalue weighted by Gasteiger charge is -2.23. The van der Waals surface area contributed by atoms with Crippen molar-refractivity contribution < 1.29 is 5.11 Å². The van der Waals surface area contributed by atoms with Crippen LogP contribution in [-0.4, -0.2) is 46.2 Å². The summed E-state index contributed by atoms with van der Waals surface area (Å²) in [5.74, 6) is 0.349. The van der Waals surface area contributed by atoms with Crippen molar-refractivity contribution in [2.24, 2.45) is 5.92 Å². The van der Waals surface area contributed by atoms with E-state index in [-0.39, 0.29) is 6.61 Å². The van der Waals surface area contributed by atoms with Crippen molar-refractivity contribution >= 4 is 17.1 Å². The minimum Gasteiger partial charge on any atom is -0.395 e. The van der Waals surface area contributed by atoms with E-state index in [1.165, 1.54) is 0 Å². The normalized spacial score (nSPS) is 12.4. The first-order chi connectivity index (χ1) is 14.8. The Hall–Kier alpha value is -2.17. The molecule has 0 spiro atoms. The van der Waals surface area contributed by atoms with E-state index in [9.17, 15) is 5.11 Å². The van der Waals surface area contributed by atoms with Crippen LogP contribution in [0.2, 0.25) is 0 Å². The first kappa shape index (κ1) is 27.8. The number of aliphatic hydroxyl groups excluding tert-OH is 1. The van der Waals surface area contributed by atoms with E-state index < -0.39 is 0 Å². The number of nitrogens with zero attached hydrogens (tertiary/aromatic N) is 2. The molecule has 1 atom stereocenters. The molecule has 0 aliphatic rings. The number of hydrogen-bond donors (Lipinski definition) is 2. The maximum atomic E-state index is 9.26. The van der Waals surface area contributed by atoms with Crippen LogP contribution >= 0.6 is 0 Å². The maximum Gasteiger partial charge on any atom is 0.137 e. The highest BCUT2D eigenvalue weighted by atomic mass is 16.3. The zero-order chi connectivity index (χ0) is 22.6. The summed E-state index contributed by atoms with van der Waals surface area (Å²) in [5, 5.41) is 10.4. The van der Waals surface area contributed by atoms with E-state index in [1.54, 1.807) is 0 Å². The van der Waals surface area contributed by atoms with E-state index >= 15 is 0 Å². The van der Waals surface area contributed by atoms with Crippen LogP contribution in [0.4, 0.5) is 0 Å². The quantitative estimate of drug-likeness (QED) is 0.328. The Morgan fingerprint density at radius 2 is 1.83 bits per heavy atom. The summed E-state index contributed by atoms with van der Waals surface area (Å²) in [4.78, 5) is 9.78. The number of aromatic amines is 1. The number of aromatic nitrogens is 2. The van der Waals surface area contributed by atoms with Gasteiger partial charge in [0.25, 0.3) is 0 Å². The zero-order valence-electron chi connectivity index (χ0n) is 19.9. The average Bonchev–Trinajstić information content (AvgIpc) is 3.27. The van der Waals surface area contributed by atoms with Gasteiger partial charge in [-0.1, -0.05) is 78.0 Å². The van der Waals surface area contributed by atoms with Crippen molar-refractivity contribution in [3.63, 3.8) is 0 Å². The van der Waals surface area contributed by atoms with Crippen LogP contribution in [0, 0.1) is 5.92 Å². The Bertz CT molecular complexity index is 725. The molecule has 168 valence electrons. The second-order valence-corrected chi connectivity index (χ2v) is 6.41. The van der Waals surface area contributed by atoms with Crippen LogP contribution in [0.15, 0.2) is 54.9 Å². The highest BCUT2D eigenvalue weighted by Crippen LogP contribution is 2.16. The highest BCUT2D eigenvalue weighted by Gasteiger charge is 2.08. The fraction of sp³-hybridized carbons (Fsp3) is 0.500. The number of allylic oxidation sites excluding steroid dienone is 3. The van der Waals surface area contributed by atoms with Gasteiger partial charge in [0.1, 0.15) is 5.65 Å². The van der Waals surface area contributed by atoms with Gasteiger partial charge >= 0.3 is 0 Å². The van der Waals surface area contributed by atoms with Gasteiger partial charge in [-0.05, 0) is 37.1 Å². The number of aliphatic hydroxyl groups is 1. The monoisotopic (exact) mass is 413 g/mol. The van der Waals surface area contributed by atoms with Crippen molar-refractivity contribution in [2.45, 2.75) is 54.4 Å². The lowest BCUT2D eigenvalue weighted by atomic mass is 10.1. The van der Waals surface area contributed by atoms with Crippen LogP contribution in [-0.2, 0) is 0 Å². The molecule has 4 nitrogen and oxygen atoms in total. The van der Waals surface area contributed by atoms with Gasteiger partial charge in [-0.3, -0.25) is 0 Å². The molecule has 2 aromatic heterocycles. The summed E-state index contributed by atoms with van der Waals surface area (Å²) in [6.07, 6.45) is 18.9. The van der Waals surface area contributed by atoms with Gasteiger partial charge in [-0.2, -0.15) is 0 Å². The van der Waals surface area contributed by atoms with Gasteiger partial charge in [0.2, 0.25) is 0 Å². The molecule has 0 saturated heterocycles. The summed E-state index contributed by atoms with van der Waals surface area (Å²) in [7, 11) is 0. The molecule has 0 saturated carbocycles. The Morgan fingerprint density at radius 1 is 1.07 bits per heavy atom.